The van der Waals surface area contributed by atoms with Crippen molar-refractivity contribution in [2.75, 3.05) is 0 Å². The quantitative estimate of drug-likeness (QED) is 0.510. The Kier molecular flexibility index (Phi) is 3.13. The van der Waals surface area contributed by atoms with E-state index in [2.05, 4.69) is 0 Å². The van der Waals surface area contributed by atoms with E-state index < -0.39 is 0 Å². The SMILES string of the molecule is O=c1oc(-c2ccccc2)c(-c2ccccc2)c2ccsc12. The minimum Gasteiger partial charge on any atom is -0.421 e. The van der Waals surface area contributed by atoms with Crippen molar-refractivity contribution >= 4 is 21.4 Å². The molecule has 0 amide bonds. The van der Waals surface area contributed by atoms with E-state index in [-0.39, 0.29) is 5.63 Å². The van der Waals surface area contributed by atoms with Gasteiger partial charge < -0.3 is 4.42 Å². The van der Waals surface area contributed by atoms with E-state index in [1.165, 1.54) is 11.3 Å². The van der Waals surface area contributed by atoms with Crippen LogP contribution >= 0.6 is 11.3 Å². The molecule has 2 aromatic carbocycles. The number of hydrogen-bond acceptors (Lipinski definition) is 3. The Morgan fingerprint density at radius 1 is 0.773 bits per heavy atom. The third kappa shape index (κ3) is 2.07. The van der Waals surface area contributed by atoms with Crippen LogP contribution in [0, 0.1) is 0 Å². The van der Waals surface area contributed by atoms with Gasteiger partial charge in [0.1, 0.15) is 10.5 Å². The molecule has 4 aromatic rings. The van der Waals surface area contributed by atoms with Gasteiger partial charge in [-0.15, -0.1) is 11.3 Å². The van der Waals surface area contributed by atoms with Gasteiger partial charge in [-0.2, -0.15) is 0 Å². The van der Waals surface area contributed by atoms with Crippen LogP contribution in [0.3, 0.4) is 0 Å². The molecule has 3 heteroatoms. The van der Waals surface area contributed by atoms with Gasteiger partial charge in [-0.3, -0.25) is 0 Å². The van der Waals surface area contributed by atoms with Gasteiger partial charge in [0.05, 0.1) is 0 Å². The van der Waals surface area contributed by atoms with E-state index in [9.17, 15) is 4.79 Å². The highest BCUT2D eigenvalue weighted by Gasteiger charge is 2.17. The smallest absolute Gasteiger partial charge is 0.354 e. The lowest BCUT2D eigenvalue weighted by atomic mass is 9.98. The average molecular weight is 304 g/mol. The molecule has 2 nitrogen and oxygen atoms in total. The molecule has 0 aliphatic rings. The second kappa shape index (κ2) is 5.28. The topological polar surface area (TPSA) is 30.2 Å². The Morgan fingerprint density at radius 2 is 1.41 bits per heavy atom. The van der Waals surface area contributed by atoms with Crippen molar-refractivity contribution in [3.8, 4) is 22.5 Å². The zero-order valence-corrected chi connectivity index (χ0v) is 12.5. The second-order valence-corrected chi connectivity index (χ2v) is 5.91. The number of hydrogen-bond donors (Lipinski definition) is 0. The fourth-order valence-corrected chi connectivity index (χ4v) is 3.44. The molecule has 2 heterocycles. The van der Waals surface area contributed by atoms with E-state index in [0.29, 0.717) is 10.5 Å². The third-order valence-electron chi connectivity index (χ3n) is 3.64. The maximum Gasteiger partial charge on any atom is 0.354 e. The van der Waals surface area contributed by atoms with E-state index >= 15 is 0 Å². The summed E-state index contributed by atoms with van der Waals surface area (Å²) in [6.45, 7) is 0. The van der Waals surface area contributed by atoms with Crippen molar-refractivity contribution in [2.45, 2.75) is 0 Å². The lowest BCUT2D eigenvalue weighted by Gasteiger charge is -2.10. The van der Waals surface area contributed by atoms with Crippen LogP contribution in [0.4, 0.5) is 0 Å². The third-order valence-corrected chi connectivity index (χ3v) is 4.53. The van der Waals surface area contributed by atoms with Gasteiger partial charge in [-0.1, -0.05) is 60.7 Å². The van der Waals surface area contributed by atoms with Crippen LogP contribution in [0.1, 0.15) is 0 Å². The Labute approximate surface area is 131 Å². The lowest BCUT2D eigenvalue weighted by molar-refractivity contribution is 0.537. The largest absolute Gasteiger partial charge is 0.421 e. The summed E-state index contributed by atoms with van der Waals surface area (Å²) in [5.41, 5.74) is 2.66. The summed E-state index contributed by atoms with van der Waals surface area (Å²) in [6, 6.07) is 21.8. The summed E-state index contributed by atoms with van der Waals surface area (Å²) in [6.07, 6.45) is 0. The first-order chi connectivity index (χ1) is 10.8. The summed E-state index contributed by atoms with van der Waals surface area (Å²) in [4.78, 5) is 12.3. The molecule has 0 radical (unpaired) electrons. The van der Waals surface area contributed by atoms with Crippen LogP contribution in [-0.4, -0.2) is 0 Å². The zero-order valence-electron chi connectivity index (χ0n) is 11.7. The standard InChI is InChI=1S/C19H12O2S/c20-19-18-15(11-12-22-18)16(13-7-3-1-4-8-13)17(21-19)14-9-5-2-6-10-14/h1-12H. The van der Waals surface area contributed by atoms with Gasteiger partial charge in [0, 0.05) is 16.5 Å². The van der Waals surface area contributed by atoms with Crippen LogP contribution < -0.4 is 5.63 Å². The van der Waals surface area contributed by atoms with Crippen molar-refractivity contribution in [3.05, 3.63) is 82.5 Å². The van der Waals surface area contributed by atoms with Crippen LogP contribution in [0.15, 0.2) is 81.3 Å². The molecule has 22 heavy (non-hydrogen) atoms. The Balaban J connectivity index is 2.14. The molecule has 0 saturated carbocycles. The van der Waals surface area contributed by atoms with Gasteiger partial charge in [-0.05, 0) is 17.0 Å². The minimum absolute atomic E-state index is 0.275. The predicted octanol–water partition coefficient (Wildman–Crippen LogP) is 5.19. The van der Waals surface area contributed by atoms with E-state index in [1.54, 1.807) is 0 Å². The van der Waals surface area contributed by atoms with Gasteiger partial charge in [0.2, 0.25) is 0 Å². The van der Waals surface area contributed by atoms with Gasteiger partial charge in [0.15, 0.2) is 0 Å². The molecule has 0 fully saturated rings. The molecule has 0 saturated heterocycles. The lowest BCUT2D eigenvalue weighted by Crippen LogP contribution is -2.00. The number of thiophene rings is 1. The van der Waals surface area contributed by atoms with Crippen molar-refractivity contribution in [2.24, 2.45) is 0 Å². The second-order valence-electron chi connectivity index (χ2n) is 4.99. The normalized spacial score (nSPS) is 10.9. The Morgan fingerprint density at radius 3 is 2.09 bits per heavy atom. The number of rotatable bonds is 2. The highest BCUT2D eigenvalue weighted by atomic mass is 32.1. The molecule has 0 atom stereocenters. The maximum atomic E-state index is 12.3. The minimum atomic E-state index is -0.275. The summed E-state index contributed by atoms with van der Waals surface area (Å²) in [5.74, 6) is 0.628. The van der Waals surface area contributed by atoms with Crippen LogP contribution in [-0.2, 0) is 0 Å². The van der Waals surface area contributed by atoms with Gasteiger partial charge in [0.25, 0.3) is 0 Å². The molecule has 0 bridgehead atoms. The monoisotopic (exact) mass is 304 g/mol. The highest BCUT2D eigenvalue weighted by Crippen LogP contribution is 2.37. The van der Waals surface area contributed by atoms with Crippen molar-refractivity contribution < 1.29 is 4.42 Å². The van der Waals surface area contributed by atoms with E-state index in [0.717, 1.165) is 22.1 Å². The van der Waals surface area contributed by atoms with Crippen LogP contribution in [0.5, 0.6) is 0 Å². The molecular formula is C19H12O2S. The number of fused-ring (bicyclic) bond motifs is 1. The van der Waals surface area contributed by atoms with Crippen molar-refractivity contribution in [3.63, 3.8) is 0 Å². The zero-order chi connectivity index (χ0) is 14.9. The molecule has 0 N–H and O–H groups in total. The van der Waals surface area contributed by atoms with Crippen LogP contribution in [0.25, 0.3) is 32.5 Å². The van der Waals surface area contributed by atoms with E-state index in [4.69, 9.17) is 4.42 Å². The van der Waals surface area contributed by atoms with Gasteiger partial charge >= 0.3 is 5.63 Å². The average Bonchev–Trinajstić information content (AvgIpc) is 3.06. The highest BCUT2D eigenvalue weighted by molar-refractivity contribution is 7.17. The summed E-state index contributed by atoms with van der Waals surface area (Å²) < 4.78 is 6.34. The first-order valence-corrected chi connectivity index (χ1v) is 7.88. The van der Waals surface area contributed by atoms with Crippen molar-refractivity contribution in [1.29, 1.82) is 0 Å². The molecular weight excluding hydrogens is 292 g/mol. The first-order valence-electron chi connectivity index (χ1n) is 7.00. The molecule has 0 aliphatic carbocycles. The summed E-state index contributed by atoms with van der Waals surface area (Å²) >= 11 is 1.42. The summed E-state index contributed by atoms with van der Waals surface area (Å²) in [7, 11) is 0. The fourth-order valence-electron chi connectivity index (χ4n) is 2.66. The molecule has 0 spiro atoms. The van der Waals surface area contributed by atoms with E-state index in [1.807, 2.05) is 72.1 Å². The van der Waals surface area contributed by atoms with Crippen LogP contribution in [0.2, 0.25) is 0 Å². The maximum absolute atomic E-state index is 12.3. The molecule has 106 valence electrons. The Hall–Kier alpha value is -2.65. The summed E-state index contributed by atoms with van der Waals surface area (Å²) in [5, 5.41) is 2.88. The molecule has 0 unspecified atom stereocenters. The fraction of sp³-hybridized carbons (Fsp3) is 0. The molecule has 4 rings (SSSR count). The first kappa shape index (κ1) is 13.0. The number of benzene rings is 2. The Bertz CT molecular complexity index is 982. The van der Waals surface area contributed by atoms with Crippen molar-refractivity contribution in [1.82, 2.24) is 0 Å². The molecule has 2 aromatic heterocycles. The van der Waals surface area contributed by atoms with Gasteiger partial charge in [-0.25, -0.2) is 4.79 Å². The molecule has 0 aliphatic heterocycles. The predicted molar refractivity (Wildman–Crippen MR) is 91.2 cm³/mol.